The molecule has 10 nitrogen and oxygen atoms in total. The fourth-order valence-electron chi connectivity index (χ4n) is 1.77. The van der Waals surface area contributed by atoms with Crippen LogP contribution in [0.25, 0.3) is 0 Å². The van der Waals surface area contributed by atoms with Crippen LogP contribution in [0.1, 0.15) is 40.0 Å². The van der Waals surface area contributed by atoms with Crippen molar-refractivity contribution in [1.29, 1.82) is 0 Å². The van der Waals surface area contributed by atoms with Gasteiger partial charge in [-0.05, 0) is 25.7 Å². The molecule has 140 valence electrons. The normalized spacial score (nSPS) is 15.5. The van der Waals surface area contributed by atoms with Gasteiger partial charge in [-0.1, -0.05) is 13.8 Å². The fourth-order valence-corrected chi connectivity index (χ4v) is 2.07. The molecule has 1 unspecified atom stereocenters. The zero-order valence-electron chi connectivity index (χ0n) is 13.9. The third-order valence-corrected chi connectivity index (χ3v) is 4.35. The summed E-state index contributed by atoms with van der Waals surface area (Å²) in [6, 6.07) is -2.16. The van der Waals surface area contributed by atoms with Crippen molar-refractivity contribution in [3.63, 3.8) is 0 Å². The minimum absolute atomic E-state index is 0.0349. The van der Waals surface area contributed by atoms with Gasteiger partial charge in [0.1, 0.15) is 17.9 Å². The number of carboxylic acid groups (broad SMARTS) is 1. The Morgan fingerprint density at radius 2 is 1.67 bits per heavy atom. The third-order valence-electron chi connectivity index (χ3n) is 3.21. The van der Waals surface area contributed by atoms with Crippen molar-refractivity contribution >= 4 is 25.4 Å². The summed E-state index contributed by atoms with van der Waals surface area (Å²) in [5.74, 6) is -3.84. The van der Waals surface area contributed by atoms with Gasteiger partial charge < -0.3 is 31.3 Å². The number of carbonyl (C=O) groups is 3. The van der Waals surface area contributed by atoms with E-state index >= 15 is 0 Å². The lowest BCUT2D eigenvalue weighted by Crippen LogP contribution is -2.49. The highest BCUT2D eigenvalue weighted by Crippen LogP contribution is 2.39. The van der Waals surface area contributed by atoms with E-state index in [2.05, 4.69) is 10.6 Å². The summed E-state index contributed by atoms with van der Waals surface area (Å²) < 4.78 is 11.1. The molecule has 0 rings (SSSR count). The van der Waals surface area contributed by atoms with E-state index in [1.165, 1.54) is 6.92 Å². The smallest absolute Gasteiger partial charge is 0.347 e. The number of amides is 2. The highest BCUT2D eigenvalue weighted by atomic mass is 31.2. The molecule has 0 aliphatic carbocycles. The fraction of sp³-hybridized carbons (Fsp3) is 0.769. The van der Waals surface area contributed by atoms with E-state index in [0.717, 1.165) is 0 Å². The minimum Gasteiger partial charge on any atom is -0.480 e. The van der Waals surface area contributed by atoms with E-state index in [1.54, 1.807) is 0 Å². The van der Waals surface area contributed by atoms with Crippen molar-refractivity contribution in [2.24, 2.45) is 11.7 Å². The molecule has 11 heteroatoms. The summed E-state index contributed by atoms with van der Waals surface area (Å²) >= 11 is 0. The number of carboxylic acids is 1. The van der Waals surface area contributed by atoms with Gasteiger partial charge in [-0.25, -0.2) is 0 Å². The van der Waals surface area contributed by atoms with Crippen molar-refractivity contribution in [3.05, 3.63) is 0 Å². The summed E-state index contributed by atoms with van der Waals surface area (Å²) in [5, 5.41) is 13.3. The van der Waals surface area contributed by atoms with Crippen LogP contribution in [0, 0.1) is 5.92 Å². The van der Waals surface area contributed by atoms with Crippen LogP contribution in [0.3, 0.4) is 0 Å². The van der Waals surface area contributed by atoms with Gasteiger partial charge in [0.05, 0.1) is 0 Å². The van der Waals surface area contributed by atoms with Crippen molar-refractivity contribution in [2.45, 2.75) is 57.9 Å². The van der Waals surface area contributed by atoms with E-state index in [9.17, 15) is 18.9 Å². The first-order valence-corrected chi connectivity index (χ1v) is 9.16. The zero-order valence-corrected chi connectivity index (χ0v) is 14.8. The molecule has 0 fully saturated rings. The Balaban J connectivity index is 4.76. The quantitative estimate of drug-likeness (QED) is 0.276. The molecule has 0 spiro atoms. The topological polar surface area (TPSA) is 179 Å². The molecule has 2 amide bonds. The summed E-state index contributed by atoms with van der Waals surface area (Å²) in [6.45, 7) is 4.80. The molecule has 0 heterocycles. The first-order valence-electron chi connectivity index (χ1n) is 7.48. The van der Waals surface area contributed by atoms with Crippen LogP contribution in [0.5, 0.6) is 0 Å². The van der Waals surface area contributed by atoms with Crippen LogP contribution in [0.2, 0.25) is 0 Å². The summed E-state index contributed by atoms with van der Waals surface area (Å²) in [4.78, 5) is 52.6. The lowest BCUT2D eigenvalue weighted by Gasteiger charge is -2.23. The summed E-state index contributed by atoms with van der Waals surface area (Å²) in [7, 11) is -4.48. The molecule has 0 bridgehead atoms. The predicted octanol–water partition coefficient (Wildman–Crippen LogP) is -0.651. The first kappa shape index (κ1) is 22.5. The predicted molar refractivity (Wildman–Crippen MR) is 85.9 cm³/mol. The minimum atomic E-state index is -4.48. The molecule has 7 N–H and O–H groups in total. The van der Waals surface area contributed by atoms with Crippen LogP contribution < -0.4 is 16.4 Å². The molecule has 24 heavy (non-hydrogen) atoms. The average Bonchev–Trinajstić information content (AvgIpc) is 2.42. The highest BCUT2D eigenvalue weighted by molar-refractivity contribution is 7.52. The number of hydrogen-bond acceptors (Lipinski definition) is 5. The highest BCUT2D eigenvalue weighted by Gasteiger charge is 2.29. The van der Waals surface area contributed by atoms with Crippen LogP contribution in [0.15, 0.2) is 0 Å². The van der Waals surface area contributed by atoms with Crippen molar-refractivity contribution < 1.29 is 33.8 Å². The Morgan fingerprint density at radius 1 is 1.12 bits per heavy atom. The Hall–Kier alpha value is -1.48. The lowest BCUT2D eigenvalue weighted by atomic mass is 10.0. The SMILES string of the molecule is CC(C)C[C@H](NC(=O)CC[C@H](N)C(=O)O)C(=O)NC(C)P(=O)(O)O. The van der Waals surface area contributed by atoms with Gasteiger partial charge in [0.15, 0.2) is 0 Å². The number of nitrogens with two attached hydrogens (primary N) is 1. The average molecular weight is 367 g/mol. The Bertz CT molecular complexity index is 506. The van der Waals surface area contributed by atoms with E-state index in [0.29, 0.717) is 0 Å². The molecule has 0 radical (unpaired) electrons. The second-order valence-electron chi connectivity index (χ2n) is 6.01. The molecule has 0 aliphatic heterocycles. The summed E-state index contributed by atoms with van der Waals surface area (Å²) in [5.41, 5.74) is 5.30. The summed E-state index contributed by atoms with van der Waals surface area (Å²) in [6.07, 6.45) is -0.00407. The van der Waals surface area contributed by atoms with E-state index in [-0.39, 0.29) is 25.2 Å². The standard InChI is InChI=1S/C13H26N3O7P/c1-7(2)6-10(12(18)15-8(3)24(21,22)23)16-11(17)5-4-9(14)13(19)20/h7-10H,4-6,14H2,1-3H3,(H,15,18)(H,16,17)(H,19,20)(H2,21,22,23)/t8?,9-,10-/m0/s1. The van der Waals surface area contributed by atoms with Gasteiger partial charge in [-0.15, -0.1) is 0 Å². The number of carbonyl (C=O) groups excluding carboxylic acids is 2. The number of nitrogens with one attached hydrogen (secondary N) is 2. The van der Waals surface area contributed by atoms with Crippen LogP contribution in [-0.2, 0) is 18.9 Å². The van der Waals surface area contributed by atoms with E-state index < -0.39 is 43.2 Å². The van der Waals surface area contributed by atoms with Gasteiger partial charge in [0, 0.05) is 6.42 Å². The van der Waals surface area contributed by atoms with Gasteiger partial charge in [-0.3, -0.25) is 18.9 Å². The maximum atomic E-state index is 12.1. The first-order chi connectivity index (χ1) is 10.8. The number of rotatable bonds is 10. The second kappa shape index (κ2) is 9.73. The second-order valence-corrected chi connectivity index (χ2v) is 7.96. The Kier molecular flexibility index (Phi) is 9.13. The monoisotopic (exact) mass is 367 g/mol. The van der Waals surface area contributed by atoms with Gasteiger partial charge in [-0.2, -0.15) is 0 Å². The van der Waals surface area contributed by atoms with Gasteiger partial charge in [0.25, 0.3) is 0 Å². The molecular formula is C13H26N3O7P. The lowest BCUT2D eigenvalue weighted by molar-refractivity contribution is -0.139. The van der Waals surface area contributed by atoms with Gasteiger partial charge in [0.2, 0.25) is 11.8 Å². The van der Waals surface area contributed by atoms with Crippen LogP contribution in [0.4, 0.5) is 0 Å². The molecule has 0 aromatic heterocycles. The van der Waals surface area contributed by atoms with E-state index in [4.69, 9.17) is 20.6 Å². The molecule has 0 aromatic rings. The molecule has 0 aliphatic rings. The third kappa shape index (κ3) is 8.97. The molecule has 0 saturated carbocycles. The number of aliphatic carboxylic acids is 1. The molecule has 0 saturated heterocycles. The van der Waals surface area contributed by atoms with Crippen LogP contribution >= 0.6 is 7.60 Å². The number of hydrogen-bond donors (Lipinski definition) is 6. The van der Waals surface area contributed by atoms with E-state index in [1.807, 2.05) is 13.8 Å². The maximum absolute atomic E-state index is 12.1. The van der Waals surface area contributed by atoms with Crippen molar-refractivity contribution in [1.82, 2.24) is 10.6 Å². The van der Waals surface area contributed by atoms with Crippen molar-refractivity contribution in [3.8, 4) is 0 Å². The molecule has 3 atom stereocenters. The Morgan fingerprint density at radius 3 is 2.08 bits per heavy atom. The van der Waals surface area contributed by atoms with Gasteiger partial charge >= 0.3 is 13.6 Å². The van der Waals surface area contributed by atoms with Crippen LogP contribution in [-0.4, -0.2) is 50.5 Å². The molecule has 0 aromatic carbocycles. The van der Waals surface area contributed by atoms with Crippen molar-refractivity contribution in [2.75, 3.05) is 0 Å². The largest absolute Gasteiger partial charge is 0.480 e. The maximum Gasteiger partial charge on any atom is 0.347 e. The zero-order chi connectivity index (χ0) is 19.1. The Labute approximate surface area is 140 Å². The molecular weight excluding hydrogens is 341 g/mol.